The molecule has 0 aromatic heterocycles. The molecule has 128 valence electrons. The molecule has 2 aromatic rings. The number of aryl methyl sites for hydroxylation is 1. The van der Waals surface area contributed by atoms with E-state index in [1.807, 2.05) is 25.1 Å². The molecule has 2 atom stereocenters. The average molecular weight is 344 g/mol. The van der Waals surface area contributed by atoms with Crippen LogP contribution in [0.25, 0.3) is 0 Å². The van der Waals surface area contributed by atoms with Crippen LogP contribution in [-0.4, -0.2) is 14.5 Å². The monoisotopic (exact) mass is 344 g/mol. The Morgan fingerprint density at radius 1 is 0.875 bits per heavy atom. The Morgan fingerprint density at radius 3 is 2.25 bits per heavy atom. The van der Waals surface area contributed by atoms with Gasteiger partial charge in [0.1, 0.15) is 0 Å². The highest BCUT2D eigenvalue weighted by Crippen LogP contribution is 2.35. The summed E-state index contributed by atoms with van der Waals surface area (Å²) in [5.74, 6) is 0.133. The molecule has 0 saturated heterocycles. The summed E-state index contributed by atoms with van der Waals surface area (Å²) in [5, 5.41) is 0. The first-order valence-electron chi connectivity index (χ1n) is 8.61. The lowest BCUT2D eigenvalue weighted by Gasteiger charge is -2.25. The fourth-order valence-corrected chi connectivity index (χ4v) is 4.53. The molecule has 1 saturated carbocycles. The van der Waals surface area contributed by atoms with Gasteiger partial charge in [-0.15, -0.1) is 0 Å². The van der Waals surface area contributed by atoms with Gasteiger partial charge in [0.15, 0.2) is 0 Å². The molecule has 1 fully saturated rings. The summed E-state index contributed by atoms with van der Waals surface area (Å²) < 4.78 is 31.1. The normalized spacial score (nSPS) is 22.0. The van der Waals surface area contributed by atoms with Crippen molar-refractivity contribution in [2.75, 3.05) is 0 Å². The largest absolute Gasteiger partial charge is 0.297 e. The molecule has 0 unspecified atom stereocenters. The Hall–Kier alpha value is -1.65. The van der Waals surface area contributed by atoms with Gasteiger partial charge >= 0.3 is 0 Å². The molecule has 3 nitrogen and oxygen atoms in total. The average Bonchev–Trinajstić information content (AvgIpc) is 2.81. The molecular weight excluding hydrogens is 320 g/mol. The van der Waals surface area contributed by atoms with Crippen LogP contribution in [0.5, 0.6) is 0 Å². The maximum Gasteiger partial charge on any atom is 0.297 e. The van der Waals surface area contributed by atoms with Crippen LogP contribution in [0, 0.1) is 6.92 Å². The molecule has 0 bridgehead atoms. The number of benzene rings is 2. The van der Waals surface area contributed by atoms with E-state index in [1.165, 1.54) is 5.56 Å². The van der Waals surface area contributed by atoms with Crippen molar-refractivity contribution in [2.24, 2.45) is 0 Å². The molecule has 3 rings (SSSR count). The Bertz CT molecular complexity index is 751. The number of hydrogen-bond acceptors (Lipinski definition) is 3. The van der Waals surface area contributed by atoms with Gasteiger partial charge in [0.05, 0.1) is 11.0 Å². The van der Waals surface area contributed by atoms with Crippen molar-refractivity contribution in [2.45, 2.75) is 55.9 Å². The second-order valence-corrected chi connectivity index (χ2v) is 8.13. The maximum absolute atomic E-state index is 12.7. The molecule has 24 heavy (non-hydrogen) atoms. The van der Waals surface area contributed by atoms with Gasteiger partial charge < -0.3 is 0 Å². The number of hydrogen-bond donors (Lipinski definition) is 0. The van der Waals surface area contributed by atoms with Crippen LogP contribution in [0.15, 0.2) is 59.5 Å². The quantitative estimate of drug-likeness (QED) is 0.590. The van der Waals surface area contributed by atoms with E-state index in [2.05, 4.69) is 12.1 Å². The highest BCUT2D eigenvalue weighted by atomic mass is 32.2. The van der Waals surface area contributed by atoms with Crippen LogP contribution in [-0.2, 0) is 14.3 Å². The van der Waals surface area contributed by atoms with Crippen LogP contribution >= 0.6 is 0 Å². The number of rotatable bonds is 4. The fraction of sp³-hybridized carbons (Fsp3) is 0.400. The van der Waals surface area contributed by atoms with Crippen LogP contribution in [0.1, 0.15) is 49.1 Å². The molecule has 0 N–H and O–H groups in total. The summed E-state index contributed by atoms with van der Waals surface area (Å²) in [6.45, 7) is 1.94. The second-order valence-electron chi connectivity index (χ2n) is 6.56. The van der Waals surface area contributed by atoms with Crippen LogP contribution in [0.2, 0.25) is 0 Å². The van der Waals surface area contributed by atoms with Crippen molar-refractivity contribution in [1.29, 1.82) is 0 Å². The zero-order chi connectivity index (χ0) is 17.0. The van der Waals surface area contributed by atoms with Gasteiger partial charge in [-0.3, -0.25) is 4.18 Å². The first-order valence-corrected chi connectivity index (χ1v) is 10.0. The molecule has 0 radical (unpaired) electrons. The molecule has 1 aliphatic carbocycles. The Balaban J connectivity index is 1.85. The van der Waals surface area contributed by atoms with E-state index >= 15 is 0 Å². The van der Waals surface area contributed by atoms with Crippen molar-refractivity contribution in [3.05, 3.63) is 65.7 Å². The van der Waals surface area contributed by atoms with E-state index in [1.54, 1.807) is 24.3 Å². The molecule has 0 amide bonds. The topological polar surface area (TPSA) is 43.4 Å². The minimum absolute atomic E-state index is 0.133. The van der Waals surface area contributed by atoms with Crippen LogP contribution in [0.3, 0.4) is 0 Å². The molecule has 0 heterocycles. The van der Waals surface area contributed by atoms with Crippen LogP contribution in [0.4, 0.5) is 0 Å². The highest BCUT2D eigenvalue weighted by molar-refractivity contribution is 7.86. The SMILES string of the molecule is Cc1ccc(S(=O)(=O)O[C@@H]2CCCCC[C@@H]2c2ccccc2)cc1. The molecule has 2 aromatic carbocycles. The van der Waals surface area contributed by atoms with E-state index in [9.17, 15) is 8.42 Å². The third-order valence-corrected chi connectivity index (χ3v) is 6.09. The van der Waals surface area contributed by atoms with Gasteiger partial charge in [0, 0.05) is 5.92 Å². The van der Waals surface area contributed by atoms with Crippen molar-refractivity contribution in [3.8, 4) is 0 Å². The molecule has 0 aliphatic heterocycles. The first-order chi connectivity index (χ1) is 11.6. The minimum Gasteiger partial charge on any atom is -0.262 e. The van der Waals surface area contributed by atoms with E-state index in [-0.39, 0.29) is 16.9 Å². The Morgan fingerprint density at radius 2 is 1.54 bits per heavy atom. The summed E-state index contributed by atoms with van der Waals surface area (Å²) in [6.07, 6.45) is 4.72. The van der Waals surface area contributed by atoms with Crippen LogP contribution < -0.4 is 0 Å². The van der Waals surface area contributed by atoms with Crippen molar-refractivity contribution in [1.82, 2.24) is 0 Å². The summed E-state index contributed by atoms with van der Waals surface area (Å²) in [6, 6.07) is 17.0. The highest BCUT2D eigenvalue weighted by Gasteiger charge is 2.30. The Kier molecular flexibility index (Phi) is 5.36. The zero-order valence-corrected chi connectivity index (χ0v) is 14.8. The molecular formula is C20H24O3S. The lowest BCUT2D eigenvalue weighted by atomic mass is 9.90. The van der Waals surface area contributed by atoms with E-state index in [4.69, 9.17) is 4.18 Å². The van der Waals surface area contributed by atoms with Gasteiger partial charge in [-0.05, 0) is 37.5 Å². The minimum atomic E-state index is -3.73. The molecule has 0 spiro atoms. The summed E-state index contributed by atoms with van der Waals surface area (Å²) in [4.78, 5) is 0.240. The maximum atomic E-state index is 12.7. The third-order valence-electron chi connectivity index (χ3n) is 4.74. The van der Waals surface area contributed by atoms with Gasteiger partial charge in [-0.25, -0.2) is 0 Å². The van der Waals surface area contributed by atoms with Gasteiger partial charge in [0.2, 0.25) is 0 Å². The van der Waals surface area contributed by atoms with Crippen molar-refractivity contribution in [3.63, 3.8) is 0 Å². The summed E-state index contributed by atoms with van der Waals surface area (Å²) in [7, 11) is -3.73. The first kappa shape index (κ1) is 17.2. The van der Waals surface area contributed by atoms with Crippen molar-refractivity contribution < 1.29 is 12.6 Å². The van der Waals surface area contributed by atoms with E-state index in [0.29, 0.717) is 0 Å². The van der Waals surface area contributed by atoms with Gasteiger partial charge in [-0.2, -0.15) is 8.42 Å². The fourth-order valence-electron chi connectivity index (χ4n) is 3.39. The third kappa shape index (κ3) is 4.05. The van der Waals surface area contributed by atoms with E-state index < -0.39 is 10.1 Å². The smallest absolute Gasteiger partial charge is 0.262 e. The van der Waals surface area contributed by atoms with E-state index in [0.717, 1.165) is 37.7 Å². The predicted octanol–water partition coefficient (Wildman–Crippen LogP) is 4.82. The second kappa shape index (κ2) is 7.49. The lowest BCUT2D eigenvalue weighted by molar-refractivity contribution is 0.168. The standard InChI is InChI=1S/C20H24O3S/c1-16-12-14-18(15-13-16)24(21,22)23-20-11-7-3-6-10-19(20)17-8-4-2-5-9-17/h2,4-5,8-9,12-15,19-20H,3,6-7,10-11H2,1H3/t19-,20-/m1/s1. The predicted molar refractivity (Wildman–Crippen MR) is 95.5 cm³/mol. The van der Waals surface area contributed by atoms with Gasteiger partial charge in [-0.1, -0.05) is 67.3 Å². The summed E-state index contributed by atoms with van der Waals surface area (Å²) >= 11 is 0. The van der Waals surface area contributed by atoms with Gasteiger partial charge in [0.25, 0.3) is 10.1 Å². The Labute approximate surface area is 144 Å². The van der Waals surface area contributed by atoms with Crippen molar-refractivity contribution >= 4 is 10.1 Å². The lowest BCUT2D eigenvalue weighted by Crippen LogP contribution is -2.25. The summed E-state index contributed by atoms with van der Waals surface area (Å²) in [5.41, 5.74) is 2.20. The molecule has 4 heteroatoms. The zero-order valence-electron chi connectivity index (χ0n) is 14.0. The molecule has 1 aliphatic rings.